The second-order valence-corrected chi connectivity index (χ2v) is 5.04. The average molecular weight is 260 g/mol. The van der Waals surface area contributed by atoms with Gasteiger partial charge in [0, 0.05) is 6.04 Å². The van der Waals surface area contributed by atoms with Gasteiger partial charge in [0.2, 0.25) is 0 Å². The normalized spacial score (nSPS) is 23.2. The van der Waals surface area contributed by atoms with Crippen LogP contribution in [0.4, 0.5) is 11.6 Å². The molecule has 0 bridgehead atoms. The molecule has 1 fully saturated rings. The maximum absolute atomic E-state index is 6.03. The number of halogens is 2. The summed E-state index contributed by atoms with van der Waals surface area (Å²) in [6.45, 7) is 2.20. The lowest BCUT2D eigenvalue weighted by Crippen LogP contribution is -2.08. The summed E-state index contributed by atoms with van der Waals surface area (Å²) in [5.74, 6) is 1.72. The van der Waals surface area contributed by atoms with Crippen molar-refractivity contribution in [2.75, 3.05) is 11.1 Å². The molecule has 0 radical (unpaired) electrons. The number of pyridine rings is 1. The van der Waals surface area contributed by atoms with Crippen molar-refractivity contribution in [3.63, 3.8) is 0 Å². The highest BCUT2D eigenvalue weighted by molar-refractivity contribution is 6.37. The standard InChI is InChI=1S/C11H15Cl2N3/c1-2-3-6-4-9(6)15-11-8(13)5-7(12)10(14)16-11/h5-6,9H,2-4H2,1H3,(H3,14,15,16). The number of anilines is 2. The minimum absolute atomic E-state index is 0.321. The van der Waals surface area contributed by atoms with Crippen molar-refractivity contribution >= 4 is 34.8 Å². The first kappa shape index (κ1) is 11.8. The van der Waals surface area contributed by atoms with Gasteiger partial charge >= 0.3 is 0 Å². The molecule has 3 N–H and O–H groups in total. The van der Waals surface area contributed by atoms with Crippen molar-refractivity contribution in [1.82, 2.24) is 4.98 Å². The highest BCUT2D eigenvalue weighted by Crippen LogP contribution is 2.38. The van der Waals surface area contributed by atoms with Crippen LogP contribution in [-0.4, -0.2) is 11.0 Å². The molecule has 1 aliphatic carbocycles. The molecule has 2 rings (SSSR count). The highest BCUT2D eigenvalue weighted by atomic mass is 35.5. The van der Waals surface area contributed by atoms with Crippen LogP contribution in [0.2, 0.25) is 10.0 Å². The van der Waals surface area contributed by atoms with Crippen LogP contribution in [0.25, 0.3) is 0 Å². The van der Waals surface area contributed by atoms with Gasteiger partial charge < -0.3 is 11.1 Å². The molecule has 1 aromatic rings. The first-order valence-corrected chi connectivity index (χ1v) is 6.25. The van der Waals surface area contributed by atoms with Crippen molar-refractivity contribution < 1.29 is 0 Å². The molecule has 0 saturated heterocycles. The minimum Gasteiger partial charge on any atom is -0.382 e. The topological polar surface area (TPSA) is 50.9 Å². The number of hydrogen-bond donors (Lipinski definition) is 2. The summed E-state index contributed by atoms with van der Waals surface area (Å²) in [6.07, 6.45) is 3.65. The minimum atomic E-state index is 0.321. The molecule has 2 atom stereocenters. The zero-order valence-electron chi connectivity index (χ0n) is 9.13. The van der Waals surface area contributed by atoms with Crippen LogP contribution in [-0.2, 0) is 0 Å². The van der Waals surface area contributed by atoms with Gasteiger partial charge in [-0.15, -0.1) is 0 Å². The van der Waals surface area contributed by atoms with Crippen LogP contribution in [0, 0.1) is 5.92 Å². The van der Waals surface area contributed by atoms with E-state index in [4.69, 9.17) is 28.9 Å². The summed E-state index contributed by atoms with van der Waals surface area (Å²) in [7, 11) is 0. The molecule has 1 aliphatic rings. The Balaban J connectivity index is 2.03. The zero-order chi connectivity index (χ0) is 11.7. The van der Waals surface area contributed by atoms with Gasteiger partial charge in [0.1, 0.15) is 11.6 Å². The van der Waals surface area contributed by atoms with E-state index in [1.165, 1.54) is 19.3 Å². The molecular weight excluding hydrogens is 245 g/mol. The number of hydrogen-bond acceptors (Lipinski definition) is 3. The Morgan fingerprint density at radius 1 is 1.50 bits per heavy atom. The van der Waals surface area contributed by atoms with Gasteiger partial charge in [-0.2, -0.15) is 0 Å². The summed E-state index contributed by atoms with van der Waals surface area (Å²) in [6, 6.07) is 2.12. The smallest absolute Gasteiger partial charge is 0.147 e. The number of nitrogens with zero attached hydrogens (tertiary/aromatic N) is 1. The predicted octanol–water partition coefficient (Wildman–Crippen LogP) is 3.57. The molecule has 88 valence electrons. The van der Waals surface area contributed by atoms with E-state index < -0.39 is 0 Å². The monoisotopic (exact) mass is 259 g/mol. The van der Waals surface area contributed by atoms with E-state index in [-0.39, 0.29) is 0 Å². The first-order valence-electron chi connectivity index (χ1n) is 5.50. The van der Waals surface area contributed by atoms with Crippen molar-refractivity contribution in [2.24, 2.45) is 5.92 Å². The molecule has 1 aromatic heterocycles. The lowest BCUT2D eigenvalue weighted by molar-refractivity contribution is 0.692. The van der Waals surface area contributed by atoms with Gasteiger partial charge in [-0.3, -0.25) is 0 Å². The maximum Gasteiger partial charge on any atom is 0.147 e. The Morgan fingerprint density at radius 3 is 2.94 bits per heavy atom. The molecule has 1 saturated carbocycles. The third kappa shape index (κ3) is 2.53. The Labute approximate surface area is 105 Å². The second-order valence-electron chi connectivity index (χ2n) is 4.22. The zero-order valence-corrected chi connectivity index (χ0v) is 10.6. The highest BCUT2D eigenvalue weighted by Gasteiger charge is 2.36. The molecule has 1 heterocycles. The van der Waals surface area contributed by atoms with Crippen molar-refractivity contribution in [3.8, 4) is 0 Å². The lowest BCUT2D eigenvalue weighted by Gasteiger charge is -2.08. The van der Waals surface area contributed by atoms with Crippen LogP contribution in [0.3, 0.4) is 0 Å². The van der Waals surface area contributed by atoms with Gasteiger partial charge in [0.25, 0.3) is 0 Å². The van der Waals surface area contributed by atoms with Crippen LogP contribution in [0.5, 0.6) is 0 Å². The van der Waals surface area contributed by atoms with Crippen LogP contribution >= 0.6 is 23.2 Å². The average Bonchev–Trinajstić information content (AvgIpc) is 2.94. The Morgan fingerprint density at radius 2 is 2.25 bits per heavy atom. The van der Waals surface area contributed by atoms with Crippen molar-refractivity contribution in [1.29, 1.82) is 0 Å². The molecule has 5 heteroatoms. The largest absolute Gasteiger partial charge is 0.382 e. The fourth-order valence-corrected chi connectivity index (χ4v) is 2.28. The molecule has 0 amide bonds. The SMILES string of the molecule is CCCC1CC1Nc1nc(N)c(Cl)cc1Cl. The maximum atomic E-state index is 6.03. The number of aromatic nitrogens is 1. The van der Waals surface area contributed by atoms with E-state index in [2.05, 4.69) is 17.2 Å². The quantitative estimate of drug-likeness (QED) is 0.870. The van der Waals surface area contributed by atoms with Gasteiger partial charge in [-0.1, -0.05) is 36.5 Å². The molecule has 16 heavy (non-hydrogen) atoms. The molecule has 0 spiro atoms. The molecule has 2 unspecified atom stereocenters. The van der Waals surface area contributed by atoms with E-state index in [0.29, 0.717) is 27.7 Å². The number of nitrogens with one attached hydrogen (secondary N) is 1. The Kier molecular flexibility index (Phi) is 3.45. The van der Waals surface area contributed by atoms with Gasteiger partial charge in [0.15, 0.2) is 0 Å². The van der Waals surface area contributed by atoms with Crippen LogP contribution in [0.15, 0.2) is 6.07 Å². The first-order chi connectivity index (χ1) is 7.61. The van der Waals surface area contributed by atoms with Crippen molar-refractivity contribution in [2.45, 2.75) is 32.2 Å². The van der Waals surface area contributed by atoms with Gasteiger partial charge in [0.05, 0.1) is 10.0 Å². The molecule has 0 aliphatic heterocycles. The van der Waals surface area contributed by atoms with E-state index in [0.717, 1.165) is 5.92 Å². The van der Waals surface area contributed by atoms with Crippen molar-refractivity contribution in [3.05, 3.63) is 16.1 Å². The summed E-state index contributed by atoms with van der Waals surface area (Å²) in [4.78, 5) is 4.15. The fraction of sp³-hybridized carbons (Fsp3) is 0.545. The third-order valence-electron chi connectivity index (χ3n) is 2.86. The Bertz CT molecular complexity index is 395. The third-order valence-corrected chi connectivity index (χ3v) is 3.45. The molecule has 0 aromatic carbocycles. The Hall–Kier alpha value is -0.670. The predicted molar refractivity (Wildman–Crippen MR) is 69.1 cm³/mol. The number of nitrogen functional groups attached to an aromatic ring is 1. The van der Waals surface area contributed by atoms with Gasteiger partial charge in [-0.25, -0.2) is 4.98 Å². The van der Waals surface area contributed by atoms with E-state index in [9.17, 15) is 0 Å². The number of rotatable bonds is 4. The van der Waals surface area contributed by atoms with Gasteiger partial charge in [-0.05, 0) is 24.8 Å². The molecular formula is C11H15Cl2N3. The van der Waals surface area contributed by atoms with E-state index in [1.54, 1.807) is 6.07 Å². The van der Waals surface area contributed by atoms with Crippen LogP contribution in [0.1, 0.15) is 26.2 Å². The van der Waals surface area contributed by atoms with E-state index in [1.807, 2.05) is 0 Å². The lowest BCUT2D eigenvalue weighted by atomic mass is 10.2. The summed E-state index contributed by atoms with van der Waals surface area (Å²) < 4.78 is 0. The van der Waals surface area contributed by atoms with Crippen LogP contribution < -0.4 is 11.1 Å². The summed E-state index contributed by atoms with van der Waals surface area (Å²) in [5, 5.41) is 4.23. The number of nitrogens with two attached hydrogens (primary N) is 1. The molecule has 3 nitrogen and oxygen atoms in total. The fourth-order valence-electron chi connectivity index (χ4n) is 1.87. The summed E-state index contributed by atoms with van der Waals surface area (Å²) >= 11 is 11.8. The summed E-state index contributed by atoms with van der Waals surface area (Å²) in [5.41, 5.74) is 5.64. The second kappa shape index (κ2) is 4.68. The van der Waals surface area contributed by atoms with E-state index >= 15 is 0 Å².